The second-order valence-corrected chi connectivity index (χ2v) is 5.79. The highest BCUT2D eigenvalue weighted by molar-refractivity contribution is 5.98. The van der Waals surface area contributed by atoms with Crippen LogP contribution in [0.3, 0.4) is 0 Å². The lowest BCUT2D eigenvalue weighted by Gasteiger charge is -2.21. The summed E-state index contributed by atoms with van der Waals surface area (Å²) in [5, 5.41) is 2.18. The maximum absolute atomic E-state index is 12.9. The number of furan rings is 1. The van der Waals surface area contributed by atoms with Gasteiger partial charge in [-0.3, -0.25) is 4.79 Å². The number of nitrogens with zero attached hydrogens (tertiary/aromatic N) is 1. The van der Waals surface area contributed by atoms with Gasteiger partial charge in [-0.05, 0) is 42.0 Å². The first-order valence-electron chi connectivity index (χ1n) is 7.99. The molecule has 4 nitrogen and oxygen atoms in total. The Morgan fingerprint density at radius 1 is 1.08 bits per heavy atom. The topological polar surface area (TPSA) is 42.7 Å². The van der Waals surface area contributed by atoms with Gasteiger partial charge in [0.2, 0.25) is 0 Å². The molecule has 0 saturated carbocycles. The lowest BCUT2D eigenvalue weighted by molar-refractivity contribution is 0.0666. The van der Waals surface area contributed by atoms with Crippen LogP contribution in [0.25, 0.3) is 10.8 Å². The van der Waals surface area contributed by atoms with Crippen LogP contribution in [-0.4, -0.2) is 31.1 Å². The molecule has 0 fully saturated rings. The normalized spacial score (nSPS) is 10.9. The second kappa shape index (κ2) is 7.32. The van der Waals surface area contributed by atoms with Gasteiger partial charge in [-0.1, -0.05) is 30.3 Å². The van der Waals surface area contributed by atoms with Gasteiger partial charge in [0.25, 0.3) is 5.91 Å². The van der Waals surface area contributed by atoms with E-state index in [-0.39, 0.29) is 5.91 Å². The fourth-order valence-corrected chi connectivity index (χ4v) is 2.72. The molecule has 1 amide bonds. The van der Waals surface area contributed by atoms with Crippen LogP contribution in [0.1, 0.15) is 21.9 Å². The van der Waals surface area contributed by atoms with E-state index in [0.717, 1.165) is 22.3 Å². The van der Waals surface area contributed by atoms with E-state index in [1.165, 1.54) is 0 Å². The Kier molecular flexibility index (Phi) is 4.96. The maximum atomic E-state index is 12.9. The van der Waals surface area contributed by atoms with Gasteiger partial charge in [0, 0.05) is 19.2 Å². The van der Waals surface area contributed by atoms with Crippen LogP contribution >= 0.6 is 0 Å². The Balaban J connectivity index is 1.85. The highest BCUT2D eigenvalue weighted by Crippen LogP contribution is 2.18. The summed E-state index contributed by atoms with van der Waals surface area (Å²) in [6.07, 6.45) is 0. The van der Waals surface area contributed by atoms with Crippen molar-refractivity contribution in [1.29, 1.82) is 0 Å². The van der Waals surface area contributed by atoms with Gasteiger partial charge in [0.1, 0.15) is 11.5 Å². The van der Waals surface area contributed by atoms with Crippen molar-refractivity contribution < 1.29 is 13.9 Å². The number of rotatable bonds is 6. The van der Waals surface area contributed by atoms with Crippen LogP contribution in [0.2, 0.25) is 0 Å². The Hall–Kier alpha value is -2.59. The van der Waals surface area contributed by atoms with E-state index in [1.807, 2.05) is 61.5 Å². The number of methoxy groups -OCH3 is 1. The molecule has 24 heavy (non-hydrogen) atoms. The maximum Gasteiger partial charge on any atom is 0.254 e. The quantitative estimate of drug-likeness (QED) is 0.688. The monoisotopic (exact) mass is 323 g/mol. The third-order valence-electron chi connectivity index (χ3n) is 3.99. The number of carbonyl (C=O) groups is 1. The largest absolute Gasteiger partial charge is 0.464 e. The fourth-order valence-electron chi connectivity index (χ4n) is 2.72. The molecule has 0 unspecified atom stereocenters. The standard InChI is InChI=1S/C20H21NO3/c1-15-7-10-19(24-15)14-21(11-12-23-2)20(22)18-9-8-16-5-3-4-6-17(16)13-18/h3-10,13H,11-12,14H2,1-2H3. The average molecular weight is 323 g/mol. The minimum Gasteiger partial charge on any atom is -0.464 e. The minimum atomic E-state index is -0.0214. The van der Waals surface area contributed by atoms with Crippen molar-refractivity contribution in [2.75, 3.05) is 20.3 Å². The lowest BCUT2D eigenvalue weighted by Crippen LogP contribution is -2.33. The van der Waals surface area contributed by atoms with Crippen molar-refractivity contribution in [3.05, 3.63) is 71.7 Å². The van der Waals surface area contributed by atoms with Crippen molar-refractivity contribution in [2.24, 2.45) is 0 Å². The molecule has 0 aliphatic rings. The van der Waals surface area contributed by atoms with E-state index in [9.17, 15) is 4.79 Å². The zero-order valence-electron chi connectivity index (χ0n) is 14.0. The highest BCUT2D eigenvalue weighted by atomic mass is 16.5. The summed E-state index contributed by atoms with van der Waals surface area (Å²) < 4.78 is 10.8. The molecule has 4 heteroatoms. The molecule has 2 aromatic carbocycles. The number of benzene rings is 2. The third kappa shape index (κ3) is 3.66. The zero-order valence-corrected chi connectivity index (χ0v) is 14.0. The van der Waals surface area contributed by atoms with Gasteiger partial charge in [-0.15, -0.1) is 0 Å². The number of hydrogen-bond donors (Lipinski definition) is 0. The molecule has 0 atom stereocenters. The van der Waals surface area contributed by atoms with Crippen molar-refractivity contribution in [2.45, 2.75) is 13.5 Å². The van der Waals surface area contributed by atoms with Gasteiger partial charge in [-0.25, -0.2) is 0 Å². The predicted molar refractivity (Wildman–Crippen MR) is 94.0 cm³/mol. The summed E-state index contributed by atoms with van der Waals surface area (Å²) in [4.78, 5) is 14.7. The molecule has 1 aromatic heterocycles. The predicted octanol–water partition coefficient (Wildman–Crippen LogP) is 4.03. The van der Waals surface area contributed by atoms with Crippen molar-refractivity contribution in [1.82, 2.24) is 4.90 Å². The van der Waals surface area contributed by atoms with Crippen LogP contribution in [0.5, 0.6) is 0 Å². The summed E-state index contributed by atoms with van der Waals surface area (Å²) in [5.41, 5.74) is 0.674. The zero-order chi connectivity index (χ0) is 16.9. The molecule has 0 aliphatic carbocycles. The Morgan fingerprint density at radius 2 is 1.88 bits per heavy atom. The number of hydrogen-bond acceptors (Lipinski definition) is 3. The highest BCUT2D eigenvalue weighted by Gasteiger charge is 2.17. The average Bonchev–Trinajstić information content (AvgIpc) is 3.02. The van der Waals surface area contributed by atoms with Crippen LogP contribution in [-0.2, 0) is 11.3 Å². The molecule has 0 saturated heterocycles. The number of amides is 1. The van der Waals surface area contributed by atoms with Gasteiger partial charge < -0.3 is 14.1 Å². The SMILES string of the molecule is COCCN(Cc1ccc(C)o1)C(=O)c1ccc2ccccc2c1. The first-order valence-corrected chi connectivity index (χ1v) is 7.99. The van der Waals surface area contributed by atoms with Crippen LogP contribution in [0, 0.1) is 6.92 Å². The van der Waals surface area contributed by atoms with Gasteiger partial charge in [0.05, 0.1) is 13.2 Å². The van der Waals surface area contributed by atoms with E-state index in [4.69, 9.17) is 9.15 Å². The summed E-state index contributed by atoms with van der Waals surface area (Å²) >= 11 is 0. The van der Waals surface area contributed by atoms with Gasteiger partial charge in [-0.2, -0.15) is 0 Å². The van der Waals surface area contributed by atoms with E-state index in [0.29, 0.717) is 25.3 Å². The van der Waals surface area contributed by atoms with E-state index in [1.54, 1.807) is 12.0 Å². The molecule has 3 rings (SSSR count). The first-order chi connectivity index (χ1) is 11.7. The van der Waals surface area contributed by atoms with Crippen LogP contribution in [0.15, 0.2) is 59.0 Å². The van der Waals surface area contributed by atoms with Crippen LogP contribution < -0.4 is 0 Å². The third-order valence-corrected chi connectivity index (χ3v) is 3.99. The number of carbonyl (C=O) groups excluding carboxylic acids is 1. The smallest absolute Gasteiger partial charge is 0.254 e. The molecule has 0 aliphatic heterocycles. The van der Waals surface area contributed by atoms with E-state index >= 15 is 0 Å². The summed E-state index contributed by atoms with van der Waals surface area (Å²) in [5.74, 6) is 1.60. The van der Waals surface area contributed by atoms with Crippen molar-refractivity contribution in [3.63, 3.8) is 0 Å². The first kappa shape index (κ1) is 16.3. The number of ether oxygens (including phenoxy) is 1. The summed E-state index contributed by atoms with van der Waals surface area (Å²) in [6, 6.07) is 17.6. The van der Waals surface area contributed by atoms with Crippen LogP contribution in [0.4, 0.5) is 0 Å². The summed E-state index contributed by atoms with van der Waals surface area (Å²) in [6.45, 7) is 3.33. The molecule has 0 radical (unpaired) electrons. The number of fused-ring (bicyclic) bond motifs is 1. The molecular weight excluding hydrogens is 302 g/mol. The Morgan fingerprint density at radius 3 is 2.58 bits per heavy atom. The molecule has 0 N–H and O–H groups in total. The fraction of sp³-hybridized carbons (Fsp3) is 0.250. The van der Waals surface area contributed by atoms with Crippen molar-refractivity contribution >= 4 is 16.7 Å². The molecular formula is C20H21NO3. The Labute approximate surface area is 141 Å². The molecule has 0 spiro atoms. The minimum absolute atomic E-state index is 0.0214. The summed E-state index contributed by atoms with van der Waals surface area (Å²) in [7, 11) is 1.63. The Bertz CT molecular complexity index is 838. The number of aryl methyl sites for hydroxylation is 1. The molecule has 3 aromatic rings. The molecule has 0 bridgehead atoms. The van der Waals surface area contributed by atoms with Gasteiger partial charge in [0.15, 0.2) is 0 Å². The molecule has 124 valence electrons. The second-order valence-electron chi connectivity index (χ2n) is 5.79. The van der Waals surface area contributed by atoms with Crippen molar-refractivity contribution in [3.8, 4) is 0 Å². The van der Waals surface area contributed by atoms with E-state index < -0.39 is 0 Å². The van der Waals surface area contributed by atoms with Gasteiger partial charge >= 0.3 is 0 Å². The molecule has 1 heterocycles. The lowest BCUT2D eigenvalue weighted by atomic mass is 10.1. The van der Waals surface area contributed by atoms with E-state index in [2.05, 4.69) is 0 Å².